The molecule has 1 aromatic rings. The summed E-state index contributed by atoms with van der Waals surface area (Å²) in [5, 5.41) is 3.94. The number of thioether (sulfide) groups is 1. The molecule has 0 radical (unpaired) electrons. The van der Waals surface area contributed by atoms with Crippen molar-refractivity contribution < 1.29 is 0 Å². The van der Waals surface area contributed by atoms with Gasteiger partial charge in [0.2, 0.25) is 0 Å². The van der Waals surface area contributed by atoms with E-state index >= 15 is 0 Å². The molecular weight excluding hydrogens is 230 g/mol. The maximum absolute atomic E-state index is 4.41. The van der Waals surface area contributed by atoms with Crippen molar-refractivity contribution in [1.29, 1.82) is 0 Å². The second-order valence-corrected chi connectivity index (χ2v) is 5.90. The van der Waals surface area contributed by atoms with E-state index in [1.807, 2.05) is 31.2 Å². The molecule has 0 spiro atoms. The van der Waals surface area contributed by atoms with Crippen LogP contribution < -0.4 is 5.32 Å². The zero-order valence-electron chi connectivity index (χ0n) is 10.5. The van der Waals surface area contributed by atoms with Gasteiger partial charge in [0.25, 0.3) is 0 Å². The molecule has 1 saturated carbocycles. The molecule has 0 amide bonds. The van der Waals surface area contributed by atoms with E-state index in [0.717, 1.165) is 28.9 Å². The van der Waals surface area contributed by atoms with Crippen LogP contribution in [0.15, 0.2) is 12.4 Å². The van der Waals surface area contributed by atoms with E-state index in [9.17, 15) is 0 Å². The van der Waals surface area contributed by atoms with Gasteiger partial charge in [-0.25, -0.2) is 9.97 Å². The van der Waals surface area contributed by atoms with Gasteiger partial charge in [-0.3, -0.25) is 0 Å². The van der Waals surface area contributed by atoms with Crippen molar-refractivity contribution in [1.82, 2.24) is 15.3 Å². The van der Waals surface area contributed by atoms with Crippen LogP contribution >= 0.6 is 11.8 Å². The third-order valence-corrected chi connectivity index (χ3v) is 4.51. The fraction of sp³-hybridized carbons (Fsp3) is 0.692. The highest BCUT2D eigenvalue weighted by molar-refractivity contribution is 7.99. The van der Waals surface area contributed by atoms with Crippen LogP contribution in [0.4, 0.5) is 0 Å². The Bertz CT molecular complexity index is 320. The average Bonchev–Trinajstić information content (AvgIpc) is 2.40. The van der Waals surface area contributed by atoms with Gasteiger partial charge >= 0.3 is 0 Å². The van der Waals surface area contributed by atoms with Crippen LogP contribution in [0.25, 0.3) is 0 Å². The molecule has 0 aromatic carbocycles. The van der Waals surface area contributed by atoms with Gasteiger partial charge in [-0.2, -0.15) is 11.8 Å². The van der Waals surface area contributed by atoms with Crippen LogP contribution in [-0.4, -0.2) is 22.3 Å². The molecule has 1 aliphatic carbocycles. The molecule has 0 bridgehead atoms. The third-order valence-electron chi connectivity index (χ3n) is 3.14. The molecule has 2 rings (SSSR count). The predicted octanol–water partition coefficient (Wildman–Crippen LogP) is 2.76. The minimum Gasteiger partial charge on any atom is -0.316 e. The molecule has 1 fully saturated rings. The van der Waals surface area contributed by atoms with Gasteiger partial charge in [-0.1, -0.05) is 19.3 Å². The monoisotopic (exact) mass is 251 g/mol. The highest BCUT2D eigenvalue weighted by Crippen LogP contribution is 2.29. The van der Waals surface area contributed by atoms with E-state index in [1.54, 1.807) is 0 Å². The fourth-order valence-corrected chi connectivity index (χ4v) is 3.38. The first-order chi connectivity index (χ1) is 8.38. The van der Waals surface area contributed by atoms with Gasteiger partial charge in [-0.15, -0.1) is 0 Å². The molecule has 1 aromatic heterocycles. The van der Waals surface area contributed by atoms with E-state index in [0.29, 0.717) is 0 Å². The lowest BCUT2D eigenvalue weighted by Crippen LogP contribution is -2.09. The van der Waals surface area contributed by atoms with Crippen LogP contribution in [0, 0.1) is 0 Å². The Kier molecular flexibility index (Phi) is 5.26. The fourth-order valence-electron chi connectivity index (χ4n) is 2.18. The third kappa shape index (κ3) is 4.28. The number of aromatic nitrogens is 2. The van der Waals surface area contributed by atoms with E-state index in [-0.39, 0.29) is 0 Å². The number of hydrogen-bond acceptors (Lipinski definition) is 4. The summed E-state index contributed by atoms with van der Waals surface area (Å²) in [6, 6.07) is 0. The topological polar surface area (TPSA) is 37.8 Å². The van der Waals surface area contributed by atoms with Gasteiger partial charge in [0.1, 0.15) is 5.82 Å². The highest BCUT2D eigenvalue weighted by atomic mass is 32.2. The molecule has 1 heterocycles. The number of nitrogens with one attached hydrogen (secondary N) is 1. The summed E-state index contributed by atoms with van der Waals surface area (Å²) < 4.78 is 0. The summed E-state index contributed by atoms with van der Waals surface area (Å²) in [4.78, 5) is 8.82. The Morgan fingerprint density at radius 3 is 2.59 bits per heavy atom. The van der Waals surface area contributed by atoms with Crippen LogP contribution in [0.5, 0.6) is 0 Å². The Morgan fingerprint density at radius 1 is 1.24 bits per heavy atom. The van der Waals surface area contributed by atoms with Crippen molar-refractivity contribution >= 4 is 11.8 Å². The van der Waals surface area contributed by atoms with Crippen LogP contribution in [0.1, 0.15) is 43.5 Å². The number of rotatable bonds is 5. The van der Waals surface area contributed by atoms with E-state index in [4.69, 9.17) is 0 Å². The van der Waals surface area contributed by atoms with Crippen LogP contribution in [0.2, 0.25) is 0 Å². The lowest BCUT2D eigenvalue weighted by molar-refractivity contribution is 0.516. The summed E-state index contributed by atoms with van der Waals surface area (Å²) in [5.41, 5.74) is 1.15. The summed E-state index contributed by atoms with van der Waals surface area (Å²) >= 11 is 2.03. The van der Waals surface area contributed by atoms with Crippen LogP contribution in [-0.2, 0) is 12.3 Å². The zero-order chi connectivity index (χ0) is 11.9. The maximum Gasteiger partial charge on any atom is 0.138 e. The largest absolute Gasteiger partial charge is 0.316 e. The van der Waals surface area contributed by atoms with Crippen molar-refractivity contribution in [2.45, 2.75) is 49.7 Å². The van der Waals surface area contributed by atoms with Crippen molar-refractivity contribution in [3.63, 3.8) is 0 Å². The smallest absolute Gasteiger partial charge is 0.138 e. The second kappa shape index (κ2) is 6.97. The molecule has 0 saturated heterocycles. The van der Waals surface area contributed by atoms with Crippen LogP contribution in [0.3, 0.4) is 0 Å². The van der Waals surface area contributed by atoms with Gasteiger partial charge in [-0.05, 0) is 19.9 Å². The van der Waals surface area contributed by atoms with Gasteiger partial charge in [0, 0.05) is 29.8 Å². The first kappa shape index (κ1) is 12.8. The van der Waals surface area contributed by atoms with Gasteiger partial charge in [0.15, 0.2) is 0 Å². The second-order valence-electron chi connectivity index (χ2n) is 4.61. The highest BCUT2D eigenvalue weighted by Gasteiger charge is 2.14. The maximum atomic E-state index is 4.41. The summed E-state index contributed by atoms with van der Waals surface area (Å²) in [5.74, 6) is 1.94. The summed E-state index contributed by atoms with van der Waals surface area (Å²) in [7, 11) is 1.94. The Balaban J connectivity index is 1.77. The summed E-state index contributed by atoms with van der Waals surface area (Å²) in [6.45, 7) is 0.843. The van der Waals surface area contributed by atoms with Gasteiger partial charge < -0.3 is 5.32 Å². The first-order valence-corrected chi connectivity index (χ1v) is 7.49. The average molecular weight is 251 g/mol. The van der Waals surface area contributed by atoms with Crippen molar-refractivity contribution in [3.8, 4) is 0 Å². The molecule has 0 aliphatic heterocycles. The van der Waals surface area contributed by atoms with Gasteiger partial charge in [0.05, 0.1) is 5.75 Å². The Labute approximate surface area is 108 Å². The predicted molar refractivity (Wildman–Crippen MR) is 73.0 cm³/mol. The molecule has 3 nitrogen and oxygen atoms in total. The van der Waals surface area contributed by atoms with E-state index in [2.05, 4.69) is 15.3 Å². The quantitative estimate of drug-likeness (QED) is 0.873. The van der Waals surface area contributed by atoms with Crippen molar-refractivity contribution in [2.75, 3.05) is 7.05 Å². The molecule has 0 atom stereocenters. The minimum absolute atomic E-state index is 0.837. The molecule has 4 heteroatoms. The zero-order valence-corrected chi connectivity index (χ0v) is 11.3. The molecule has 17 heavy (non-hydrogen) atoms. The molecule has 1 N–H and O–H groups in total. The molecule has 1 aliphatic rings. The SMILES string of the molecule is CNCc1cnc(CSC2CCCCC2)nc1. The molecular formula is C13H21N3S. The Morgan fingerprint density at radius 2 is 1.94 bits per heavy atom. The van der Waals surface area contributed by atoms with Crippen molar-refractivity contribution in [3.05, 3.63) is 23.8 Å². The lowest BCUT2D eigenvalue weighted by Gasteiger charge is -2.20. The standard InChI is InChI=1S/C13H21N3S/c1-14-7-11-8-15-13(16-9-11)10-17-12-5-3-2-4-6-12/h8-9,12,14H,2-7,10H2,1H3. The summed E-state index contributed by atoms with van der Waals surface area (Å²) in [6.07, 6.45) is 10.8. The van der Waals surface area contributed by atoms with E-state index < -0.39 is 0 Å². The lowest BCUT2D eigenvalue weighted by atomic mass is 10.0. The molecule has 94 valence electrons. The van der Waals surface area contributed by atoms with E-state index in [1.165, 1.54) is 32.1 Å². The number of hydrogen-bond donors (Lipinski definition) is 1. The minimum atomic E-state index is 0.837. The number of nitrogens with zero attached hydrogens (tertiary/aromatic N) is 2. The Hall–Kier alpha value is -0.610. The normalized spacial score (nSPS) is 17.2. The van der Waals surface area contributed by atoms with Crippen molar-refractivity contribution in [2.24, 2.45) is 0 Å². The molecule has 0 unspecified atom stereocenters. The first-order valence-electron chi connectivity index (χ1n) is 6.44.